The average molecular weight is 380 g/mol. The molecule has 0 aliphatic carbocycles. The molecule has 1 aromatic carbocycles. The average Bonchev–Trinajstić information content (AvgIpc) is 2.41. The van der Waals surface area contributed by atoms with Crippen LogP contribution >= 0.6 is 23.4 Å². The van der Waals surface area contributed by atoms with E-state index in [1.807, 2.05) is 13.8 Å². The van der Waals surface area contributed by atoms with Crippen LogP contribution in [0.4, 0.5) is 0 Å². The molecule has 1 rings (SSSR count). The Bertz CT molecular complexity index is 615. The Labute approximate surface area is 146 Å². The number of carbonyl (C=O) groups is 1. The first kappa shape index (κ1) is 20.3. The Morgan fingerprint density at radius 3 is 2.48 bits per heavy atom. The van der Waals surface area contributed by atoms with Gasteiger partial charge in [0.25, 0.3) is 0 Å². The summed E-state index contributed by atoms with van der Waals surface area (Å²) in [6.07, 6.45) is 0.809. The molecule has 0 bridgehead atoms. The molecular formula is C15H22ClNO4S2. The van der Waals surface area contributed by atoms with Crippen LogP contribution in [-0.4, -0.2) is 37.5 Å². The van der Waals surface area contributed by atoms with Gasteiger partial charge in [0.2, 0.25) is 10.0 Å². The van der Waals surface area contributed by atoms with Gasteiger partial charge in [-0.2, -0.15) is 11.8 Å². The summed E-state index contributed by atoms with van der Waals surface area (Å²) in [6.45, 7) is 4.17. The first-order valence-electron chi connectivity index (χ1n) is 7.17. The lowest BCUT2D eigenvalue weighted by Gasteiger charge is -2.21. The number of hydrogen-bond donors (Lipinski definition) is 2. The third-order valence-corrected chi connectivity index (χ3v) is 6.30. The summed E-state index contributed by atoms with van der Waals surface area (Å²) in [5.74, 6) is 0.696. The van der Waals surface area contributed by atoms with Gasteiger partial charge in [0, 0.05) is 11.6 Å². The van der Waals surface area contributed by atoms with Crippen molar-refractivity contribution in [3.63, 3.8) is 0 Å². The molecule has 0 saturated carbocycles. The van der Waals surface area contributed by atoms with Crippen LogP contribution in [0.15, 0.2) is 29.2 Å². The lowest BCUT2D eigenvalue weighted by Crippen LogP contribution is -2.25. The topological polar surface area (TPSA) is 83.5 Å². The van der Waals surface area contributed by atoms with Gasteiger partial charge in [0.1, 0.15) is 0 Å². The maximum Gasteiger partial charge on any atom is 0.303 e. The van der Waals surface area contributed by atoms with Gasteiger partial charge in [-0.25, -0.2) is 13.1 Å². The van der Waals surface area contributed by atoms with E-state index in [0.717, 1.165) is 11.5 Å². The lowest BCUT2D eigenvalue weighted by atomic mass is 9.92. The fraction of sp³-hybridized carbons (Fsp3) is 0.533. The molecule has 8 heteroatoms. The van der Waals surface area contributed by atoms with Gasteiger partial charge in [-0.05, 0) is 47.6 Å². The fourth-order valence-corrected chi connectivity index (χ4v) is 4.23. The predicted octanol–water partition coefficient (Wildman–Crippen LogP) is 3.24. The highest BCUT2D eigenvalue weighted by Crippen LogP contribution is 2.26. The third kappa shape index (κ3) is 8.06. The van der Waals surface area contributed by atoms with Crippen LogP contribution in [0.25, 0.3) is 0 Å². The van der Waals surface area contributed by atoms with Crippen LogP contribution in [0.5, 0.6) is 0 Å². The minimum absolute atomic E-state index is 0.128. The number of sulfonamides is 1. The molecule has 23 heavy (non-hydrogen) atoms. The van der Waals surface area contributed by atoms with Crippen molar-refractivity contribution in [1.82, 2.24) is 4.72 Å². The van der Waals surface area contributed by atoms with E-state index in [-0.39, 0.29) is 16.7 Å². The number of nitrogens with one attached hydrogen (secondary N) is 1. The van der Waals surface area contributed by atoms with E-state index >= 15 is 0 Å². The van der Waals surface area contributed by atoms with Crippen molar-refractivity contribution in [2.75, 3.05) is 18.1 Å². The van der Waals surface area contributed by atoms with E-state index in [1.54, 1.807) is 11.8 Å². The van der Waals surface area contributed by atoms with Gasteiger partial charge in [-0.1, -0.05) is 25.4 Å². The summed E-state index contributed by atoms with van der Waals surface area (Å²) >= 11 is 7.37. The summed E-state index contributed by atoms with van der Waals surface area (Å²) in [7, 11) is -3.50. The van der Waals surface area contributed by atoms with E-state index in [9.17, 15) is 13.2 Å². The Balaban J connectivity index is 2.29. The van der Waals surface area contributed by atoms with Gasteiger partial charge in [0.15, 0.2) is 0 Å². The van der Waals surface area contributed by atoms with Crippen molar-refractivity contribution < 1.29 is 18.3 Å². The zero-order chi connectivity index (χ0) is 17.5. The number of benzene rings is 1. The van der Waals surface area contributed by atoms with Crippen LogP contribution in [0.2, 0.25) is 5.02 Å². The maximum absolute atomic E-state index is 12.0. The largest absolute Gasteiger partial charge is 0.481 e. The number of halogens is 1. The van der Waals surface area contributed by atoms with Crippen LogP contribution in [0.3, 0.4) is 0 Å². The summed E-state index contributed by atoms with van der Waals surface area (Å²) in [5, 5.41) is 9.30. The molecule has 0 unspecified atom stereocenters. The molecule has 0 spiro atoms. The van der Waals surface area contributed by atoms with E-state index < -0.39 is 16.0 Å². The summed E-state index contributed by atoms with van der Waals surface area (Å²) in [4.78, 5) is 10.9. The highest BCUT2D eigenvalue weighted by Gasteiger charge is 2.21. The normalized spacial score (nSPS) is 12.3. The lowest BCUT2D eigenvalue weighted by molar-refractivity contribution is -0.138. The molecule has 2 N–H and O–H groups in total. The molecule has 130 valence electrons. The minimum atomic E-state index is -3.50. The van der Waals surface area contributed by atoms with Gasteiger partial charge >= 0.3 is 5.97 Å². The molecule has 0 aliphatic rings. The molecule has 0 radical (unpaired) electrons. The second-order valence-electron chi connectivity index (χ2n) is 5.99. The van der Waals surface area contributed by atoms with E-state index in [4.69, 9.17) is 16.7 Å². The summed E-state index contributed by atoms with van der Waals surface area (Å²) < 4.78 is 26.6. The van der Waals surface area contributed by atoms with E-state index in [0.29, 0.717) is 18.0 Å². The number of hydrogen-bond acceptors (Lipinski definition) is 4. The van der Waals surface area contributed by atoms with Crippen molar-refractivity contribution in [2.45, 2.75) is 31.6 Å². The van der Waals surface area contributed by atoms with Crippen molar-refractivity contribution in [2.24, 2.45) is 5.41 Å². The number of carboxylic acids is 1. The summed E-state index contributed by atoms with van der Waals surface area (Å²) in [5.41, 5.74) is -0.265. The number of rotatable bonds is 10. The maximum atomic E-state index is 12.0. The molecule has 0 aromatic heterocycles. The quantitative estimate of drug-likeness (QED) is 0.609. The van der Waals surface area contributed by atoms with Crippen LogP contribution in [0.1, 0.15) is 26.7 Å². The molecule has 0 fully saturated rings. The van der Waals surface area contributed by atoms with Gasteiger partial charge in [0.05, 0.1) is 11.3 Å². The van der Waals surface area contributed by atoms with Crippen LogP contribution < -0.4 is 4.72 Å². The highest BCUT2D eigenvalue weighted by molar-refractivity contribution is 7.99. The molecule has 5 nitrogen and oxygen atoms in total. The number of aliphatic carboxylic acids is 1. The molecule has 1 aromatic rings. The fourth-order valence-electron chi connectivity index (χ4n) is 1.89. The van der Waals surface area contributed by atoms with E-state index in [1.165, 1.54) is 24.3 Å². The SMILES string of the molecule is CC(C)(CSCCCNS(=O)(=O)c1ccc(Cl)cc1)CC(=O)O. The van der Waals surface area contributed by atoms with Crippen molar-refractivity contribution >= 4 is 39.4 Å². The van der Waals surface area contributed by atoms with Crippen molar-refractivity contribution in [3.8, 4) is 0 Å². The smallest absolute Gasteiger partial charge is 0.303 e. The monoisotopic (exact) mass is 379 g/mol. The van der Waals surface area contributed by atoms with Crippen molar-refractivity contribution in [1.29, 1.82) is 0 Å². The molecule has 0 aliphatic heterocycles. The Morgan fingerprint density at radius 1 is 1.30 bits per heavy atom. The molecule has 0 amide bonds. The minimum Gasteiger partial charge on any atom is -0.481 e. The zero-order valence-electron chi connectivity index (χ0n) is 13.2. The van der Waals surface area contributed by atoms with Crippen molar-refractivity contribution in [3.05, 3.63) is 29.3 Å². The molecule has 0 saturated heterocycles. The molecule has 0 heterocycles. The molecular weight excluding hydrogens is 358 g/mol. The second kappa shape index (κ2) is 8.92. The molecule has 0 atom stereocenters. The third-order valence-electron chi connectivity index (χ3n) is 3.00. The Hall–Kier alpha value is -0.760. The van der Waals surface area contributed by atoms with Crippen LogP contribution in [-0.2, 0) is 14.8 Å². The van der Waals surface area contributed by atoms with E-state index in [2.05, 4.69) is 4.72 Å². The first-order valence-corrected chi connectivity index (χ1v) is 10.2. The second-order valence-corrected chi connectivity index (χ2v) is 9.30. The van der Waals surface area contributed by atoms with Gasteiger partial charge in [-0.15, -0.1) is 0 Å². The van der Waals surface area contributed by atoms with Gasteiger partial charge < -0.3 is 5.11 Å². The first-order chi connectivity index (χ1) is 10.6. The number of thioether (sulfide) groups is 1. The standard InChI is InChI=1S/C15H22ClNO4S2/c1-15(2,10-14(18)19)11-22-9-3-8-17-23(20,21)13-6-4-12(16)5-7-13/h4-7,17H,3,8-11H2,1-2H3,(H,18,19). The Morgan fingerprint density at radius 2 is 1.91 bits per heavy atom. The number of carboxylic acid groups (broad SMARTS) is 1. The zero-order valence-corrected chi connectivity index (χ0v) is 15.6. The Kier molecular flexibility index (Phi) is 7.86. The summed E-state index contributed by atoms with van der Waals surface area (Å²) in [6, 6.07) is 6.01. The van der Waals surface area contributed by atoms with Gasteiger partial charge in [-0.3, -0.25) is 4.79 Å². The highest BCUT2D eigenvalue weighted by atomic mass is 35.5. The predicted molar refractivity (Wildman–Crippen MR) is 94.6 cm³/mol. The van der Waals surface area contributed by atoms with Crippen LogP contribution in [0, 0.1) is 5.41 Å².